The number of thiophene rings is 2. The standard InChI is InChI=1S/C40H24S2/c1-2-12-25(13-3-1)26-14-10-15-27(24-26)36-28-16-4-6-18-30(28)37(31-19-7-5-17-29(31)36)33-21-11-23-35-38(33)40-39(42-35)32-20-8-9-22-34(32)41-40/h1-24H. The molecule has 0 atom stereocenters. The van der Waals surface area contributed by atoms with Crippen LogP contribution < -0.4 is 0 Å². The Kier molecular flexibility index (Phi) is 5.34. The second-order valence-electron chi connectivity index (χ2n) is 10.8. The Hall–Kier alpha value is -4.76. The normalized spacial score (nSPS) is 11.8. The van der Waals surface area contributed by atoms with Crippen LogP contribution >= 0.6 is 22.7 Å². The molecule has 9 rings (SSSR count). The van der Waals surface area contributed by atoms with Gasteiger partial charge in [-0.05, 0) is 73.1 Å². The third-order valence-electron chi connectivity index (χ3n) is 8.47. The van der Waals surface area contributed by atoms with Crippen molar-refractivity contribution >= 4 is 73.8 Å². The molecule has 0 amide bonds. The van der Waals surface area contributed by atoms with Crippen molar-refractivity contribution in [1.29, 1.82) is 0 Å². The summed E-state index contributed by atoms with van der Waals surface area (Å²) in [5.41, 5.74) is 7.67. The van der Waals surface area contributed by atoms with Crippen molar-refractivity contribution in [3.63, 3.8) is 0 Å². The van der Waals surface area contributed by atoms with Crippen LogP contribution in [-0.4, -0.2) is 0 Å². The highest BCUT2D eigenvalue weighted by Gasteiger charge is 2.21. The van der Waals surface area contributed by atoms with E-state index in [1.807, 2.05) is 22.7 Å². The molecule has 9 aromatic rings. The van der Waals surface area contributed by atoms with Crippen LogP contribution in [0.15, 0.2) is 146 Å². The van der Waals surface area contributed by atoms with Crippen LogP contribution in [-0.2, 0) is 0 Å². The van der Waals surface area contributed by atoms with Crippen LogP contribution in [0.1, 0.15) is 0 Å². The highest BCUT2D eigenvalue weighted by molar-refractivity contribution is 7.36. The maximum absolute atomic E-state index is 2.35. The van der Waals surface area contributed by atoms with E-state index < -0.39 is 0 Å². The van der Waals surface area contributed by atoms with Crippen LogP contribution in [0, 0.1) is 0 Å². The highest BCUT2D eigenvalue weighted by atomic mass is 32.1. The van der Waals surface area contributed by atoms with Gasteiger partial charge in [0.15, 0.2) is 0 Å². The first kappa shape index (κ1) is 23.9. The number of fused-ring (bicyclic) bond motifs is 7. The fourth-order valence-corrected chi connectivity index (χ4v) is 9.38. The molecule has 0 bridgehead atoms. The number of hydrogen-bond donors (Lipinski definition) is 0. The molecule has 0 spiro atoms. The maximum atomic E-state index is 2.35. The summed E-state index contributed by atoms with van der Waals surface area (Å²) >= 11 is 3.85. The van der Waals surface area contributed by atoms with Crippen molar-refractivity contribution in [1.82, 2.24) is 0 Å². The zero-order valence-electron chi connectivity index (χ0n) is 22.7. The van der Waals surface area contributed by atoms with Crippen molar-refractivity contribution in [3.05, 3.63) is 146 Å². The number of hydrogen-bond acceptors (Lipinski definition) is 2. The summed E-state index contributed by atoms with van der Waals surface area (Å²) in [5.74, 6) is 0. The van der Waals surface area contributed by atoms with Crippen LogP contribution in [0.2, 0.25) is 0 Å². The molecular weight excluding hydrogens is 545 g/mol. The van der Waals surface area contributed by atoms with Crippen LogP contribution in [0.4, 0.5) is 0 Å². The molecule has 2 heteroatoms. The minimum Gasteiger partial charge on any atom is -0.134 e. The molecule has 196 valence electrons. The molecule has 0 saturated heterocycles. The van der Waals surface area contributed by atoms with Crippen molar-refractivity contribution in [2.75, 3.05) is 0 Å². The predicted molar refractivity (Wildman–Crippen MR) is 186 cm³/mol. The van der Waals surface area contributed by atoms with Gasteiger partial charge in [-0.3, -0.25) is 0 Å². The highest BCUT2D eigenvalue weighted by Crippen LogP contribution is 2.50. The Morgan fingerprint density at radius 1 is 0.333 bits per heavy atom. The van der Waals surface area contributed by atoms with Crippen LogP contribution in [0.3, 0.4) is 0 Å². The Labute approximate surface area is 251 Å². The van der Waals surface area contributed by atoms with E-state index in [9.17, 15) is 0 Å². The zero-order valence-corrected chi connectivity index (χ0v) is 24.3. The van der Waals surface area contributed by atoms with E-state index in [1.165, 1.54) is 84.5 Å². The molecule has 7 aromatic carbocycles. The van der Waals surface area contributed by atoms with Crippen LogP contribution in [0.25, 0.3) is 84.5 Å². The Morgan fingerprint density at radius 2 is 0.857 bits per heavy atom. The lowest BCUT2D eigenvalue weighted by Crippen LogP contribution is -1.91. The molecule has 0 nitrogen and oxygen atoms in total. The van der Waals surface area contributed by atoms with Crippen molar-refractivity contribution in [3.8, 4) is 33.4 Å². The van der Waals surface area contributed by atoms with E-state index in [1.54, 1.807) is 0 Å². The van der Waals surface area contributed by atoms with Gasteiger partial charge in [0.25, 0.3) is 0 Å². The molecule has 2 heterocycles. The molecule has 0 aliphatic heterocycles. The van der Waals surface area contributed by atoms with Gasteiger partial charge in [-0.2, -0.15) is 0 Å². The average Bonchev–Trinajstić information content (AvgIpc) is 3.60. The number of rotatable bonds is 3. The molecule has 0 N–H and O–H groups in total. The quantitative estimate of drug-likeness (QED) is 0.186. The maximum Gasteiger partial charge on any atom is 0.0548 e. The fourth-order valence-electron chi connectivity index (χ4n) is 6.67. The van der Waals surface area contributed by atoms with Gasteiger partial charge >= 0.3 is 0 Å². The summed E-state index contributed by atoms with van der Waals surface area (Å²) in [6.45, 7) is 0. The second kappa shape index (κ2) is 9.39. The number of benzene rings is 7. The first-order valence-electron chi connectivity index (χ1n) is 14.3. The van der Waals surface area contributed by atoms with Crippen molar-refractivity contribution in [2.24, 2.45) is 0 Å². The second-order valence-corrected chi connectivity index (χ2v) is 12.9. The zero-order chi connectivity index (χ0) is 27.6. The Morgan fingerprint density at radius 3 is 1.60 bits per heavy atom. The molecule has 0 fully saturated rings. The summed E-state index contributed by atoms with van der Waals surface area (Å²) in [6.07, 6.45) is 0. The van der Waals surface area contributed by atoms with Crippen molar-refractivity contribution < 1.29 is 0 Å². The van der Waals surface area contributed by atoms with Gasteiger partial charge < -0.3 is 0 Å². The lowest BCUT2D eigenvalue weighted by atomic mass is 9.85. The fraction of sp³-hybridized carbons (Fsp3) is 0. The van der Waals surface area contributed by atoms with Gasteiger partial charge in [-0.1, -0.05) is 127 Å². The smallest absolute Gasteiger partial charge is 0.0548 e. The minimum atomic E-state index is 1.24. The lowest BCUT2D eigenvalue weighted by molar-refractivity contribution is 1.61. The predicted octanol–water partition coefficient (Wildman–Crippen LogP) is 12.6. The van der Waals surface area contributed by atoms with Gasteiger partial charge in [0.1, 0.15) is 0 Å². The monoisotopic (exact) mass is 568 g/mol. The molecule has 0 radical (unpaired) electrons. The molecule has 0 unspecified atom stereocenters. The van der Waals surface area contributed by atoms with E-state index in [2.05, 4.69) is 146 Å². The van der Waals surface area contributed by atoms with E-state index in [4.69, 9.17) is 0 Å². The van der Waals surface area contributed by atoms with Crippen LogP contribution in [0.5, 0.6) is 0 Å². The van der Waals surface area contributed by atoms with Crippen molar-refractivity contribution in [2.45, 2.75) is 0 Å². The molecule has 42 heavy (non-hydrogen) atoms. The third-order valence-corrected chi connectivity index (χ3v) is 11.0. The van der Waals surface area contributed by atoms with Gasteiger partial charge in [-0.15, -0.1) is 22.7 Å². The molecular formula is C40H24S2. The van der Waals surface area contributed by atoms with Gasteiger partial charge in [-0.25, -0.2) is 0 Å². The van der Waals surface area contributed by atoms with E-state index in [0.717, 1.165) is 0 Å². The van der Waals surface area contributed by atoms with Gasteiger partial charge in [0, 0.05) is 20.2 Å². The Bertz CT molecular complexity index is 2400. The summed E-state index contributed by atoms with van der Waals surface area (Å²) in [6, 6.07) is 53.4. The Balaban J connectivity index is 1.39. The summed E-state index contributed by atoms with van der Waals surface area (Å²) in [7, 11) is 0. The lowest BCUT2D eigenvalue weighted by Gasteiger charge is -2.18. The van der Waals surface area contributed by atoms with Gasteiger partial charge in [0.05, 0.1) is 9.40 Å². The topological polar surface area (TPSA) is 0 Å². The summed E-state index contributed by atoms with van der Waals surface area (Å²) < 4.78 is 5.52. The minimum absolute atomic E-state index is 1.24. The van der Waals surface area contributed by atoms with E-state index in [-0.39, 0.29) is 0 Å². The SMILES string of the molecule is c1ccc(-c2cccc(-c3c4ccccc4c(-c4cccc5sc6c7ccccc7sc6c45)c4ccccc34)c2)cc1. The first-order valence-corrected chi connectivity index (χ1v) is 15.9. The molecule has 0 aliphatic rings. The van der Waals surface area contributed by atoms with Gasteiger partial charge in [0.2, 0.25) is 0 Å². The van der Waals surface area contributed by atoms with E-state index >= 15 is 0 Å². The first-order chi connectivity index (χ1) is 20.8. The molecule has 0 saturated carbocycles. The summed E-state index contributed by atoms with van der Waals surface area (Å²) in [5, 5.41) is 7.92. The molecule has 2 aromatic heterocycles. The molecule has 0 aliphatic carbocycles. The summed E-state index contributed by atoms with van der Waals surface area (Å²) in [4.78, 5) is 0. The third kappa shape index (κ3) is 3.53. The average molecular weight is 569 g/mol. The van der Waals surface area contributed by atoms with E-state index in [0.29, 0.717) is 0 Å². The largest absolute Gasteiger partial charge is 0.134 e.